The van der Waals surface area contributed by atoms with Gasteiger partial charge < -0.3 is 0 Å². The van der Waals surface area contributed by atoms with Crippen LogP contribution in [0.15, 0.2) is 24.5 Å². The van der Waals surface area contributed by atoms with Gasteiger partial charge in [0.05, 0.1) is 19.6 Å². The van der Waals surface area contributed by atoms with Crippen molar-refractivity contribution in [1.82, 2.24) is 10.0 Å². The number of hydrogen-bond acceptors (Lipinski definition) is 3. The minimum absolute atomic E-state index is 0.0219. The van der Waals surface area contributed by atoms with E-state index in [1.807, 2.05) is 12.1 Å². The van der Waals surface area contributed by atoms with Crippen LogP contribution in [0.25, 0.3) is 0 Å². The fourth-order valence-electron chi connectivity index (χ4n) is 1.41. The molecule has 0 unspecified atom stereocenters. The predicted octanol–water partition coefficient (Wildman–Crippen LogP) is 0.788. The van der Waals surface area contributed by atoms with E-state index in [-0.39, 0.29) is 5.91 Å². The minimum Gasteiger partial charge on any atom is -0.272 e. The van der Waals surface area contributed by atoms with Crippen LogP contribution in [0.5, 0.6) is 0 Å². The first kappa shape index (κ1) is 9.15. The number of hydrogen-bond donors (Lipinski definition) is 0. The molecule has 0 atom stereocenters. The molecule has 1 saturated heterocycles. The molecule has 1 aliphatic heterocycles. The van der Waals surface area contributed by atoms with Gasteiger partial charge in [-0.15, -0.1) is 0 Å². The van der Waals surface area contributed by atoms with E-state index >= 15 is 0 Å². The summed E-state index contributed by atoms with van der Waals surface area (Å²) in [7, 11) is 0. The largest absolute Gasteiger partial charge is 0.272 e. The Morgan fingerprint density at radius 2 is 2.29 bits per heavy atom. The summed E-state index contributed by atoms with van der Waals surface area (Å²) in [6, 6.07) is 3.68. The Morgan fingerprint density at radius 3 is 2.93 bits per heavy atom. The Bertz CT molecular complexity index is 307. The van der Waals surface area contributed by atoms with Crippen molar-refractivity contribution in [3.63, 3.8) is 0 Å². The lowest BCUT2D eigenvalue weighted by Gasteiger charge is -2.13. The van der Waals surface area contributed by atoms with E-state index in [0.717, 1.165) is 12.0 Å². The van der Waals surface area contributed by atoms with E-state index in [1.54, 1.807) is 12.4 Å². The molecule has 1 fully saturated rings. The SMILES string of the molecule is O=C(Cc1ccncc1)N1CCCO1. The lowest BCUT2D eigenvalue weighted by molar-refractivity contribution is -0.167. The molecule has 1 aromatic rings. The number of aromatic nitrogens is 1. The molecule has 0 aliphatic carbocycles. The van der Waals surface area contributed by atoms with Gasteiger partial charge in [-0.05, 0) is 24.1 Å². The number of hydroxylamine groups is 2. The molecule has 0 saturated carbocycles. The molecular formula is C10H12N2O2. The van der Waals surface area contributed by atoms with Crippen molar-refractivity contribution in [2.45, 2.75) is 12.8 Å². The van der Waals surface area contributed by atoms with Crippen molar-refractivity contribution in [3.05, 3.63) is 30.1 Å². The van der Waals surface area contributed by atoms with E-state index in [9.17, 15) is 4.79 Å². The van der Waals surface area contributed by atoms with Crippen LogP contribution in [0.2, 0.25) is 0 Å². The lowest BCUT2D eigenvalue weighted by atomic mass is 10.2. The van der Waals surface area contributed by atoms with Gasteiger partial charge in [0.1, 0.15) is 0 Å². The molecular weight excluding hydrogens is 180 g/mol. The highest BCUT2D eigenvalue weighted by atomic mass is 16.7. The summed E-state index contributed by atoms with van der Waals surface area (Å²) in [6.45, 7) is 1.37. The third kappa shape index (κ3) is 2.09. The van der Waals surface area contributed by atoms with Gasteiger partial charge in [-0.2, -0.15) is 0 Å². The number of pyridine rings is 1. The Kier molecular flexibility index (Phi) is 2.74. The number of carbonyl (C=O) groups excluding carboxylic acids is 1. The van der Waals surface area contributed by atoms with Crippen LogP contribution in [-0.2, 0) is 16.1 Å². The van der Waals surface area contributed by atoms with Gasteiger partial charge in [0.2, 0.25) is 0 Å². The van der Waals surface area contributed by atoms with E-state index < -0.39 is 0 Å². The first-order valence-electron chi connectivity index (χ1n) is 4.68. The van der Waals surface area contributed by atoms with E-state index in [0.29, 0.717) is 19.6 Å². The number of rotatable bonds is 2. The monoisotopic (exact) mass is 192 g/mol. The molecule has 14 heavy (non-hydrogen) atoms. The molecule has 1 aliphatic rings. The molecule has 4 heteroatoms. The number of amides is 1. The number of carbonyl (C=O) groups is 1. The third-order valence-corrected chi connectivity index (χ3v) is 2.14. The van der Waals surface area contributed by atoms with Gasteiger partial charge in [0.15, 0.2) is 0 Å². The highest BCUT2D eigenvalue weighted by Gasteiger charge is 2.18. The van der Waals surface area contributed by atoms with E-state index in [4.69, 9.17) is 4.84 Å². The molecule has 2 heterocycles. The van der Waals surface area contributed by atoms with Crippen LogP contribution < -0.4 is 0 Å². The predicted molar refractivity (Wildman–Crippen MR) is 50.2 cm³/mol. The van der Waals surface area contributed by atoms with Crippen molar-refractivity contribution in [3.8, 4) is 0 Å². The number of nitrogens with zero attached hydrogens (tertiary/aromatic N) is 2. The average molecular weight is 192 g/mol. The lowest BCUT2D eigenvalue weighted by Crippen LogP contribution is -2.27. The minimum atomic E-state index is 0.0219. The van der Waals surface area contributed by atoms with E-state index in [2.05, 4.69) is 4.98 Å². The summed E-state index contributed by atoms with van der Waals surface area (Å²) in [5, 5.41) is 1.44. The van der Waals surface area contributed by atoms with Crippen LogP contribution in [0.3, 0.4) is 0 Å². The van der Waals surface area contributed by atoms with Crippen LogP contribution >= 0.6 is 0 Å². The second kappa shape index (κ2) is 4.19. The third-order valence-electron chi connectivity index (χ3n) is 2.14. The van der Waals surface area contributed by atoms with Crippen molar-refractivity contribution in [2.75, 3.05) is 13.2 Å². The van der Waals surface area contributed by atoms with Crippen molar-refractivity contribution < 1.29 is 9.63 Å². The molecule has 1 amide bonds. The topological polar surface area (TPSA) is 42.4 Å². The van der Waals surface area contributed by atoms with Gasteiger partial charge in [0, 0.05) is 12.4 Å². The Hall–Kier alpha value is -1.42. The summed E-state index contributed by atoms with van der Waals surface area (Å²) >= 11 is 0. The summed E-state index contributed by atoms with van der Waals surface area (Å²) < 4.78 is 0. The summed E-state index contributed by atoms with van der Waals surface area (Å²) in [6.07, 6.45) is 4.70. The Balaban J connectivity index is 1.94. The van der Waals surface area contributed by atoms with Crippen molar-refractivity contribution >= 4 is 5.91 Å². The zero-order chi connectivity index (χ0) is 9.80. The molecule has 0 bridgehead atoms. The molecule has 2 rings (SSSR count). The van der Waals surface area contributed by atoms with Crippen molar-refractivity contribution in [2.24, 2.45) is 0 Å². The van der Waals surface area contributed by atoms with Gasteiger partial charge >= 0.3 is 0 Å². The second-order valence-corrected chi connectivity index (χ2v) is 3.21. The maximum Gasteiger partial charge on any atom is 0.250 e. The summed E-state index contributed by atoms with van der Waals surface area (Å²) in [5.74, 6) is 0.0219. The molecule has 4 nitrogen and oxygen atoms in total. The maximum absolute atomic E-state index is 11.6. The van der Waals surface area contributed by atoms with Gasteiger partial charge in [-0.1, -0.05) is 0 Å². The molecule has 0 aromatic carbocycles. The summed E-state index contributed by atoms with van der Waals surface area (Å²) in [4.78, 5) is 20.6. The quantitative estimate of drug-likeness (QED) is 0.695. The molecule has 0 spiro atoms. The van der Waals surface area contributed by atoms with Crippen LogP contribution in [-0.4, -0.2) is 29.1 Å². The Morgan fingerprint density at radius 1 is 1.50 bits per heavy atom. The zero-order valence-electron chi connectivity index (χ0n) is 7.85. The molecule has 74 valence electrons. The van der Waals surface area contributed by atoms with Crippen molar-refractivity contribution in [1.29, 1.82) is 0 Å². The molecule has 1 aromatic heterocycles. The Labute approximate surface area is 82.5 Å². The maximum atomic E-state index is 11.6. The molecule has 0 N–H and O–H groups in total. The fraction of sp³-hybridized carbons (Fsp3) is 0.400. The zero-order valence-corrected chi connectivity index (χ0v) is 7.85. The van der Waals surface area contributed by atoms with Gasteiger partial charge in [-0.3, -0.25) is 14.6 Å². The first-order valence-corrected chi connectivity index (χ1v) is 4.68. The van der Waals surface area contributed by atoms with Crippen LogP contribution in [0.4, 0.5) is 0 Å². The summed E-state index contributed by atoms with van der Waals surface area (Å²) in [5.41, 5.74) is 0.973. The fourth-order valence-corrected chi connectivity index (χ4v) is 1.41. The normalized spacial score (nSPS) is 15.9. The first-order chi connectivity index (χ1) is 6.86. The van der Waals surface area contributed by atoms with E-state index in [1.165, 1.54) is 5.06 Å². The van der Waals surface area contributed by atoms with Crippen LogP contribution in [0.1, 0.15) is 12.0 Å². The smallest absolute Gasteiger partial charge is 0.250 e. The average Bonchev–Trinajstić information content (AvgIpc) is 2.72. The highest BCUT2D eigenvalue weighted by molar-refractivity contribution is 5.77. The van der Waals surface area contributed by atoms with Crippen LogP contribution in [0, 0.1) is 0 Å². The highest BCUT2D eigenvalue weighted by Crippen LogP contribution is 2.07. The second-order valence-electron chi connectivity index (χ2n) is 3.21. The van der Waals surface area contributed by atoms with Gasteiger partial charge in [-0.25, -0.2) is 5.06 Å². The van der Waals surface area contributed by atoms with Gasteiger partial charge in [0.25, 0.3) is 5.91 Å². The molecule has 0 radical (unpaired) electrons. The standard InChI is InChI=1S/C10H12N2O2/c13-10(12-6-1-7-14-12)8-9-2-4-11-5-3-9/h2-5H,1,6-8H2.